The Kier molecular flexibility index (Phi) is 3.66. The van der Waals surface area contributed by atoms with Gasteiger partial charge in [-0.05, 0) is 54.2 Å². The summed E-state index contributed by atoms with van der Waals surface area (Å²) in [5, 5.41) is 5.81. The van der Waals surface area contributed by atoms with Crippen LogP contribution >= 0.6 is 0 Å². The van der Waals surface area contributed by atoms with Gasteiger partial charge in [-0.1, -0.05) is 24.3 Å². The number of hydrogen-bond donors (Lipinski definition) is 2. The Balaban J connectivity index is 1.30. The molecule has 1 atom stereocenters. The number of hydrogen-bond acceptors (Lipinski definition) is 2. The summed E-state index contributed by atoms with van der Waals surface area (Å²) >= 11 is 0. The zero-order chi connectivity index (χ0) is 15.6. The van der Waals surface area contributed by atoms with E-state index >= 15 is 0 Å². The lowest BCUT2D eigenvalue weighted by Crippen LogP contribution is -2.37. The summed E-state index contributed by atoms with van der Waals surface area (Å²) in [6, 6.07) is 14.0. The molecule has 0 radical (unpaired) electrons. The second-order valence-electron chi connectivity index (χ2n) is 6.22. The average molecular weight is 308 g/mol. The molecule has 1 heterocycles. The van der Waals surface area contributed by atoms with Crippen LogP contribution in [-0.2, 0) is 19.3 Å². The van der Waals surface area contributed by atoms with Gasteiger partial charge in [-0.15, -0.1) is 0 Å². The second-order valence-corrected chi connectivity index (χ2v) is 6.22. The number of anilines is 1. The fraction of sp³-hybridized carbons (Fsp3) is 0.316. The van der Waals surface area contributed by atoms with Gasteiger partial charge < -0.3 is 15.4 Å². The van der Waals surface area contributed by atoms with Crippen LogP contribution in [-0.4, -0.2) is 18.7 Å². The average Bonchev–Trinajstić information content (AvgIpc) is 3.18. The molecule has 0 saturated heterocycles. The van der Waals surface area contributed by atoms with Crippen LogP contribution in [0.4, 0.5) is 10.5 Å². The van der Waals surface area contributed by atoms with E-state index in [2.05, 4.69) is 28.8 Å². The molecule has 0 aromatic heterocycles. The van der Waals surface area contributed by atoms with E-state index in [1.165, 1.54) is 23.1 Å². The minimum Gasteiger partial charge on any atom is -0.488 e. The molecule has 0 saturated carbocycles. The fourth-order valence-corrected chi connectivity index (χ4v) is 3.40. The van der Waals surface area contributed by atoms with Crippen molar-refractivity contribution in [1.82, 2.24) is 5.32 Å². The summed E-state index contributed by atoms with van der Waals surface area (Å²) in [5.41, 5.74) is 4.84. The van der Waals surface area contributed by atoms with Crippen LogP contribution in [0.15, 0.2) is 42.5 Å². The summed E-state index contributed by atoms with van der Waals surface area (Å²) in [7, 11) is 0. The molecule has 1 aliphatic carbocycles. The van der Waals surface area contributed by atoms with E-state index in [0.717, 1.165) is 30.7 Å². The summed E-state index contributed by atoms with van der Waals surface area (Å²) in [5.74, 6) is 0.929. The van der Waals surface area contributed by atoms with Crippen molar-refractivity contribution in [3.8, 4) is 5.75 Å². The Morgan fingerprint density at radius 1 is 1.09 bits per heavy atom. The minimum atomic E-state index is -0.178. The second kappa shape index (κ2) is 5.95. The Bertz CT molecular complexity index is 717. The smallest absolute Gasteiger partial charge is 0.319 e. The first-order valence-corrected chi connectivity index (χ1v) is 8.19. The van der Waals surface area contributed by atoms with Crippen molar-refractivity contribution in [2.75, 3.05) is 11.9 Å². The molecule has 4 rings (SSSR count). The summed E-state index contributed by atoms with van der Waals surface area (Å²) < 4.78 is 5.83. The van der Waals surface area contributed by atoms with Gasteiger partial charge >= 0.3 is 6.03 Å². The molecule has 2 amide bonds. The van der Waals surface area contributed by atoms with E-state index in [0.29, 0.717) is 6.54 Å². The van der Waals surface area contributed by atoms with Gasteiger partial charge in [0.05, 0.1) is 6.54 Å². The third-order valence-electron chi connectivity index (χ3n) is 4.56. The monoisotopic (exact) mass is 308 g/mol. The van der Waals surface area contributed by atoms with Gasteiger partial charge in [-0.2, -0.15) is 0 Å². The number of urea groups is 1. The lowest BCUT2D eigenvalue weighted by Gasteiger charge is -2.13. The zero-order valence-corrected chi connectivity index (χ0v) is 13.0. The van der Waals surface area contributed by atoms with Crippen LogP contribution in [0.5, 0.6) is 5.75 Å². The number of para-hydroxylation sites is 1. The number of amides is 2. The first kappa shape index (κ1) is 14.1. The maximum Gasteiger partial charge on any atom is 0.319 e. The SMILES string of the molecule is O=C(NC[C@@H]1Cc2ccccc2O1)Nc1ccc2c(c1)CCC2. The van der Waals surface area contributed by atoms with Crippen molar-refractivity contribution in [3.63, 3.8) is 0 Å². The molecule has 4 nitrogen and oxygen atoms in total. The third kappa shape index (κ3) is 3.02. The van der Waals surface area contributed by atoms with Gasteiger partial charge in [0, 0.05) is 12.1 Å². The van der Waals surface area contributed by atoms with Crippen molar-refractivity contribution in [2.24, 2.45) is 0 Å². The molecule has 4 heteroatoms. The van der Waals surface area contributed by atoms with Crippen LogP contribution in [0.3, 0.4) is 0 Å². The van der Waals surface area contributed by atoms with Crippen molar-refractivity contribution in [1.29, 1.82) is 0 Å². The highest BCUT2D eigenvalue weighted by Crippen LogP contribution is 2.28. The number of nitrogens with one attached hydrogen (secondary N) is 2. The summed E-state index contributed by atoms with van der Waals surface area (Å²) in [6.07, 6.45) is 4.33. The van der Waals surface area contributed by atoms with E-state index < -0.39 is 0 Å². The van der Waals surface area contributed by atoms with Gasteiger partial charge in [0.1, 0.15) is 11.9 Å². The molecular formula is C19H20N2O2. The quantitative estimate of drug-likeness (QED) is 0.914. The highest BCUT2D eigenvalue weighted by Gasteiger charge is 2.22. The number of rotatable bonds is 3. The van der Waals surface area contributed by atoms with Gasteiger partial charge in [0.25, 0.3) is 0 Å². The van der Waals surface area contributed by atoms with Crippen LogP contribution in [0.25, 0.3) is 0 Å². The van der Waals surface area contributed by atoms with Crippen LogP contribution in [0.1, 0.15) is 23.1 Å². The predicted molar refractivity (Wildman–Crippen MR) is 90.1 cm³/mol. The number of aryl methyl sites for hydroxylation is 2. The van der Waals surface area contributed by atoms with Crippen molar-refractivity contribution >= 4 is 11.7 Å². The highest BCUT2D eigenvalue weighted by atomic mass is 16.5. The number of fused-ring (bicyclic) bond motifs is 2. The lowest BCUT2D eigenvalue weighted by atomic mass is 10.1. The van der Waals surface area contributed by atoms with Gasteiger partial charge in [0.2, 0.25) is 0 Å². The van der Waals surface area contributed by atoms with Gasteiger partial charge in [-0.25, -0.2) is 4.79 Å². The predicted octanol–water partition coefficient (Wildman–Crippen LogP) is 3.30. The molecule has 0 unspecified atom stereocenters. The number of ether oxygens (including phenoxy) is 1. The zero-order valence-electron chi connectivity index (χ0n) is 13.0. The molecule has 2 N–H and O–H groups in total. The topological polar surface area (TPSA) is 50.4 Å². The van der Waals surface area contributed by atoms with E-state index in [9.17, 15) is 4.79 Å². The fourth-order valence-electron chi connectivity index (χ4n) is 3.40. The standard InChI is InChI=1S/C19H20N2O2/c22-19(21-16-9-8-13-5-3-6-14(13)10-16)20-12-17-11-15-4-1-2-7-18(15)23-17/h1-2,4,7-10,17H,3,5-6,11-12H2,(H2,20,21,22)/t17-/m0/s1. The molecule has 0 spiro atoms. The largest absolute Gasteiger partial charge is 0.488 e. The van der Waals surface area contributed by atoms with Crippen LogP contribution in [0.2, 0.25) is 0 Å². The molecule has 2 aliphatic rings. The van der Waals surface area contributed by atoms with E-state index in [1.54, 1.807) is 0 Å². The van der Waals surface area contributed by atoms with E-state index in [4.69, 9.17) is 4.74 Å². The van der Waals surface area contributed by atoms with Gasteiger partial charge in [-0.3, -0.25) is 0 Å². The minimum absolute atomic E-state index is 0.0122. The molecule has 0 bridgehead atoms. The van der Waals surface area contributed by atoms with Crippen LogP contribution < -0.4 is 15.4 Å². The first-order chi connectivity index (χ1) is 11.3. The van der Waals surface area contributed by atoms with Crippen molar-refractivity contribution < 1.29 is 9.53 Å². The molecule has 1 aliphatic heterocycles. The molecular weight excluding hydrogens is 288 g/mol. The molecule has 2 aromatic carbocycles. The summed E-state index contributed by atoms with van der Waals surface area (Å²) in [4.78, 5) is 12.1. The lowest BCUT2D eigenvalue weighted by molar-refractivity contribution is 0.219. The summed E-state index contributed by atoms with van der Waals surface area (Å²) in [6.45, 7) is 0.505. The van der Waals surface area contributed by atoms with Crippen molar-refractivity contribution in [2.45, 2.75) is 31.8 Å². The molecule has 23 heavy (non-hydrogen) atoms. The normalized spacial score (nSPS) is 18.0. The maximum absolute atomic E-state index is 12.1. The Labute approximate surface area is 135 Å². The Hall–Kier alpha value is -2.49. The Morgan fingerprint density at radius 3 is 2.87 bits per heavy atom. The van der Waals surface area contributed by atoms with E-state index in [1.807, 2.05) is 24.3 Å². The van der Waals surface area contributed by atoms with Crippen molar-refractivity contribution in [3.05, 3.63) is 59.2 Å². The maximum atomic E-state index is 12.1. The molecule has 2 aromatic rings. The van der Waals surface area contributed by atoms with Gasteiger partial charge in [0.15, 0.2) is 0 Å². The third-order valence-corrected chi connectivity index (χ3v) is 4.56. The molecule has 118 valence electrons. The van der Waals surface area contributed by atoms with E-state index in [-0.39, 0.29) is 12.1 Å². The molecule has 0 fully saturated rings. The Morgan fingerprint density at radius 2 is 1.96 bits per heavy atom. The number of carbonyl (C=O) groups excluding carboxylic acids is 1. The van der Waals surface area contributed by atoms with Crippen LogP contribution in [0, 0.1) is 0 Å². The first-order valence-electron chi connectivity index (χ1n) is 8.19. The number of carbonyl (C=O) groups is 1. The highest BCUT2D eigenvalue weighted by molar-refractivity contribution is 5.89. The number of benzene rings is 2.